The fourth-order valence-corrected chi connectivity index (χ4v) is 3.53. The number of thiazole rings is 1. The number of primary amides is 1. The van der Waals surface area contributed by atoms with E-state index in [1.807, 2.05) is 5.38 Å². The summed E-state index contributed by atoms with van der Waals surface area (Å²) in [6, 6.07) is 6.84. The first-order chi connectivity index (χ1) is 11.5. The lowest BCUT2D eigenvalue weighted by Crippen LogP contribution is -2.36. The maximum absolute atomic E-state index is 12.0. The molecule has 6 nitrogen and oxygen atoms in total. The fourth-order valence-electron chi connectivity index (χ4n) is 2.72. The molecule has 1 aromatic heterocycles. The summed E-state index contributed by atoms with van der Waals surface area (Å²) in [5.41, 5.74) is 5.81. The van der Waals surface area contributed by atoms with E-state index in [0.717, 1.165) is 23.4 Å². The number of nitrogens with two attached hydrogens (primary N) is 1. The molecule has 7 heteroatoms. The minimum absolute atomic E-state index is 0.0387. The summed E-state index contributed by atoms with van der Waals surface area (Å²) in [5.74, 6) is -1.04. The van der Waals surface area contributed by atoms with Crippen molar-refractivity contribution in [2.45, 2.75) is 37.9 Å². The van der Waals surface area contributed by atoms with Gasteiger partial charge in [0.1, 0.15) is 11.6 Å². The highest BCUT2D eigenvalue weighted by atomic mass is 32.1. The summed E-state index contributed by atoms with van der Waals surface area (Å²) in [5, 5.41) is 12.7. The average Bonchev–Trinajstić information content (AvgIpc) is 3.22. The lowest BCUT2D eigenvalue weighted by Gasteiger charge is -2.19. The zero-order chi connectivity index (χ0) is 17.2. The first-order valence-corrected chi connectivity index (χ1v) is 8.60. The first-order valence-electron chi connectivity index (χ1n) is 7.72. The Balaban J connectivity index is 1.63. The summed E-state index contributed by atoms with van der Waals surface area (Å²) in [7, 11) is 0. The van der Waals surface area contributed by atoms with Crippen molar-refractivity contribution in [2.75, 3.05) is 0 Å². The second kappa shape index (κ2) is 6.70. The fraction of sp³-hybridized carbons (Fsp3) is 0.353. The Hall–Kier alpha value is -2.25. The smallest absolute Gasteiger partial charge is 0.338 e. The highest BCUT2D eigenvalue weighted by Crippen LogP contribution is 2.31. The summed E-state index contributed by atoms with van der Waals surface area (Å²) < 4.78 is 5.21. The van der Waals surface area contributed by atoms with Gasteiger partial charge in [0, 0.05) is 16.5 Å². The van der Waals surface area contributed by atoms with Crippen molar-refractivity contribution in [1.82, 2.24) is 4.98 Å². The first kappa shape index (κ1) is 16.6. The molecule has 1 amide bonds. The Labute approximate surface area is 143 Å². The van der Waals surface area contributed by atoms with Crippen molar-refractivity contribution < 1.29 is 19.4 Å². The van der Waals surface area contributed by atoms with Crippen molar-refractivity contribution in [2.24, 2.45) is 5.73 Å². The molecule has 1 saturated carbocycles. The van der Waals surface area contributed by atoms with Gasteiger partial charge in [-0.3, -0.25) is 4.79 Å². The Morgan fingerprint density at radius 1 is 1.25 bits per heavy atom. The number of benzene rings is 1. The van der Waals surface area contributed by atoms with Crippen molar-refractivity contribution >= 4 is 23.2 Å². The molecule has 1 aromatic carbocycles. The van der Waals surface area contributed by atoms with Crippen LogP contribution < -0.4 is 5.73 Å². The van der Waals surface area contributed by atoms with E-state index in [9.17, 15) is 14.7 Å². The topological polar surface area (TPSA) is 103 Å². The maximum Gasteiger partial charge on any atom is 0.338 e. The molecule has 0 saturated heterocycles. The Morgan fingerprint density at radius 2 is 1.92 bits per heavy atom. The number of carbonyl (C=O) groups is 2. The molecule has 0 atom stereocenters. The van der Waals surface area contributed by atoms with Crippen LogP contribution in [-0.4, -0.2) is 27.6 Å². The summed E-state index contributed by atoms with van der Waals surface area (Å²) in [4.78, 5) is 27.5. The largest absolute Gasteiger partial charge is 0.457 e. The van der Waals surface area contributed by atoms with Gasteiger partial charge >= 0.3 is 5.97 Å². The maximum atomic E-state index is 12.0. The number of nitrogens with zero attached hydrogens (tertiary/aromatic N) is 1. The van der Waals surface area contributed by atoms with E-state index >= 15 is 0 Å². The molecule has 1 aliphatic rings. The Morgan fingerprint density at radius 3 is 2.54 bits per heavy atom. The van der Waals surface area contributed by atoms with Gasteiger partial charge in [-0.1, -0.05) is 12.1 Å². The number of hydrogen-bond acceptors (Lipinski definition) is 6. The van der Waals surface area contributed by atoms with Crippen LogP contribution in [0.1, 0.15) is 41.7 Å². The number of aliphatic hydroxyl groups is 1. The van der Waals surface area contributed by atoms with Gasteiger partial charge in [-0.25, -0.2) is 9.78 Å². The van der Waals surface area contributed by atoms with Gasteiger partial charge in [-0.2, -0.15) is 0 Å². The second-order valence-corrected chi connectivity index (χ2v) is 6.76. The van der Waals surface area contributed by atoms with Crippen molar-refractivity contribution in [1.29, 1.82) is 0 Å². The summed E-state index contributed by atoms with van der Waals surface area (Å²) in [6.45, 7) is 0.0387. The molecule has 0 bridgehead atoms. The number of hydrogen-bond donors (Lipinski definition) is 2. The van der Waals surface area contributed by atoms with Crippen LogP contribution in [0, 0.1) is 0 Å². The zero-order valence-electron chi connectivity index (χ0n) is 13.0. The predicted octanol–water partition coefficient (Wildman–Crippen LogP) is 2.26. The number of esters is 1. The van der Waals surface area contributed by atoms with Crippen LogP contribution in [0.3, 0.4) is 0 Å². The third kappa shape index (κ3) is 3.47. The predicted molar refractivity (Wildman–Crippen MR) is 89.3 cm³/mol. The molecule has 1 heterocycles. The number of aromatic nitrogens is 1. The average molecular weight is 346 g/mol. The number of ether oxygens (including phenoxy) is 1. The van der Waals surface area contributed by atoms with Crippen LogP contribution in [0.25, 0.3) is 10.6 Å². The molecular weight excluding hydrogens is 328 g/mol. The van der Waals surface area contributed by atoms with Crippen LogP contribution in [0.5, 0.6) is 0 Å². The number of rotatable bonds is 5. The molecule has 0 radical (unpaired) electrons. The van der Waals surface area contributed by atoms with Gasteiger partial charge < -0.3 is 15.6 Å². The van der Waals surface area contributed by atoms with Crippen molar-refractivity contribution in [3.63, 3.8) is 0 Å². The molecule has 3 N–H and O–H groups in total. The minimum Gasteiger partial charge on any atom is -0.457 e. The molecule has 1 fully saturated rings. The summed E-state index contributed by atoms with van der Waals surface area (Å²) >= 11 is 1.42. The number of amides is 1. The lowest BCUT2D eigenvalue weighted by atomic mass is 10.0. The van der Waals surface area contributed by atoms with Gasteiger partial charge in [0.25, 0.3) is 0 Å². The van der Waals surface area contributed by atoms with Gasteiger partial charge in [-0.05, 0) is 37.8 Å². The third-order valence-electron chi connectivity index (χ3n) is 4.13. The van der Waals surface area contributed by atoms with E-state index in [1.54, 1.807) is 24.3 Å². The highest BCUT2D eigenvalue weighted by molar-refractivity contribution is 7.13. The quantitative estimate of drug-likeness (QED) is 0.809. The Kier molecular flexibility index (Phi) is 4.64. The van der Waals surface area contributed by atoms with Crippen LogP contribution in [0.4, 0.5) is 0 Å². The van der Waals surface area contributed by atoms with Crippen molar-refractivity contribution in [3.05, 3.63) is 40.9 Å². The zero-order valence-corrected chi connectivity index (χ0v) is 13.8. The molecule has 2 aromatic rings. The van der Waals surface area contributed by atoms with E-state index in [0.29, 0.717) is 24.1 Å². The van der Waals surface area contributed by atoms with Crippen LogP contribution >= 0.6 is 11.3 Å². The summed E-state index contributed by atoms with van der Waals surface area (Å²) in [6.07, 6.45) is 2.60. The molecule has 0 aliphatic heterocycles. The molecule has 3 rings (SSSR count). The molecule has 24 heavy (non-hydrogen) atoms. The second-order valence-electron chi connectivity index (χ2n) is 5.90. The highest BCUT2D eigenvalue weighted by Gasteiger charge is 2.40. The van der Waals surface area contributed by atoms with Crippen LogP contribution in [-0.2, 0) is 16.1 Å². The van der Waals surface area contributed by atoms with E-state index in [4.69, 9.17) is 10.5 Å². The van der Waals surface area contributed by atoms with Crippen LogP contribution in [0.2, 0.25) is 0 Å². The van der Waals surface area contributed by atoms with Gasteiger partial charge in [0.2, 0.25) is 5.91 Å². The molecule has 0 unspecified atom stereocenters. The molecule has 1 aliphatic carbocycles. The minimum atomic E-state index is -1.33. The van der Waals surface area contributed by atoms with Gasteiger partial charge in [-0.15, -0.1) is 11.3 Å². The lowest BCUT2D eigenvalue weighted by molar-refractivity contribution is -0.166. The number of carbonyl (C=O) groups excluding carboxylic acids is 2. The van der Waals surface area contributed by atoms with Gasteiger partial charge in [0.15, 0.2) is 5.60 Å². The normalized spacial score (nSPS) is 16.0. The molecular formula is C17H18N2O4S. The van der Waals surface area contributed by atoms with E-state index < -0.39 is 17.5 Å². The Bertz CT molecular complexity index is 748. The van der Waals surface area contributed by atoms with Crippen LogP contribution in [0.15, 0.2) is 29.6 Å². The monoisotopic (exact) mass is 346 g/mol. The molecule has 0 spiro atoms. The third-order valence-corrected chi connectivity index (χ3v) is 5.07. The van der Waals surface area contributed by atoms with E-state index in [-0.39, 0.29) is 6.61 Å². The van der Waals surface area contributed by atoms with Crippen molar-refractivity contribution in [3.8, 4) is 10.6 Å². The van der Waals surface area contributed by atoms with Gasteiger partial charge in [0.05, 0.1) is 5.69 Å². The van der Waals surface area contributed by atoms with E-state index in [2.05, 4.69) is 4.98 Å². The molecule has 126 valence electrons. The standard InChI is InChI=1S/C17H18N2O4S/c18-14(20)11-3-5-12(6-4-11)15-19-13(10-24-15)9-23-16(21)17(22)7-1-2-8-17/h3-6,10,22H,1-2,7-9H2,(H2,18,20). The van der Waals surface area contributed by atoms with E-state index in [1.165, 1.54) is 11.3 Å². The SMILES string of the molecule is NC(=O)c1ccc(-c2nc(COC(=O)C3(O)CCCC3)cs2)cc1.